The lowest BCUT2D eigenvalue weighted by atomic mass is 10.0. The highest BCUT2D eigenvalue weighted by atomic mass is 16.2. The zero-order valence-corrected chi connectivity index (χ0v) is 18.1. The van der Waals surface area contributed by atoms with Crippen molar-refractivity contribution >= 4 is 16.9 Å². The largest absolute Gasteiger partial charge is 0.338 e. The normalized spacial score (nSPS) is 16.4. The molecule has 1 atom stereocenters. The minimum atomic E-state index is 0.105. The van der Waals surface area contributed by atoms with E-state index in [4.69, 9.17) is 4.98 Å². The van der Waals surface area contributed by atoms with Crippen LogP contribution in [0.25, 0.3) is 11.0 Å². The first kappa shape index (κ1) is 19.6. The van der Waals surface area contributed by atoms with Gasteiger partial charge in [-0.05, 0) is 42.7 Å². The second-order valence-electron chi connectivity index (χ2n) is 8.64. The average Bonchev–Trinajstić information content (AvgIpc) is 3.32. The second kappa shape index (κ2) is 8.03. The molecule has 1 aliphatic heterocycles. The van der Waals surface area contributed by atoms with E-state index in [1.165, 1.54) is 22.3 Å². The SMILES string of the molecule is Cc1ccc(C)c(Cn2c([C@@H]3CC(=O)N(Cc4ccccc4)C3)nc3ccccc32)c1. The quantitative estimate of drug-likeness (QED) is 0.453. The van der Waals surface area contributed by atoms with E-state index in [0.717, 1.165) is 23.4 Å². The highest BCUT2D eigenvalue weighted by Gasteiger charge is 2.34. The summed E-state index contributed by atoms with van der Waals surface area (Å²) in [6.07, 6.45) is 0.517. The molecule has 156 valence electrons. The Morgan fingerprint density at radius 1 is 0.935 bits per heavy atom. The maximum Gasteiger partial charge on any atom is 0.223 e. The maximum absolute atomic E-state index is 12.8. The van der Waals surface area contributed by atoms with Crippen molar-refractivity contribution in [2.24, 2.45) is 0 Å². The number of rotatable bonds is 5. The Hall–Kier alpha value is -3.40. The van der Waals surface area contributed by atoms with Gasteiger partial charge in [0.25, 0.3) is 0 Å². The van der Waals surface area contributed by atoms with Gasteiger partial charge >= 0.3 is 0 Å². The lowest BCUT2D eigenvalue weighted by Crippen LogP contribution is -2.24. The predicted molar refractivity (Wildman–Crippen MR) is 124 cm³/mol. The number of para-hydroxylation sites is 2. The van der Waals surface area contributed by atoms with Crippen molar-refractivity contribution in [1.82, 2.24) is 14.5 Å². The second-order valence-corrected chi connectivity index (χ2v) is 8.64. The molecule has 5 rings (SSSR count). The summed E-state index contributed by atoms with van der Waals surface area (Å²) in [6, 6.07) is 25.1. The lowest BCUT2D eigenvalue weighted by molar-refractivity contribution is -0.128. The van der Waals surface area contributed by atoms with Crippen molar-refractivity contribution in [3.05, 3.63) is 101 Å². The molecule has 2 heterocycles. The van der Waals surface area contributed by atoms with Crippen LogP contribution in [0.5, 0.6) is 0 Å². The van der Waals surface area contributed by atoms with E-state index in [1.807, 2.05) is 29.2 Å². The minimum absolute atomic E-state index is 0.105. The molecule has 1 saturated heterocycles. The molecule has 4 aromatic rings. The molecular weight excluding hydrogens is 382 g/mol. The summed E-state index contributed by atoms with van der Waals surface area (Å²) in [4.78, 5) is 19.8. The van der Waals surface area contributed by atoms with Crippen LogP contribution in [0.4, 0.5) is 0 Å². The van der Waals surface area contributed by atoms with Crippen molar-refractivity contribution < 1.29 is 4.79 Å². The number of aromatic nitrogens is 2. The molecule has 4 heteroatoms. The van der Waals surface area contributed by atoms with Crippen molar-refractivity contribution in [3.63, 3.8) is 0 Å². The maximum atomic E-state index is 12.8. The van der Waals surface area contributed by atoms with Gasteiger partial charge in [-0.1, -0.05) is 66.2 Å². The number of likely N-dealkylation sites (tertiary alicyclic amines) is 1. The van der Waals surface area contributed by atoms with Crippen LogP contribution in [0.2, 0.25) is 0 Å². The zero-order chi connectivity index (χ0) is 21.4. The third-order valence-corrected chi connectivity index (χ3v) is 6.31. The van der Waals surface area contributed by atoms with Gasteiger partial charge in [0.05, 0.1) is 11.0 Å². The van der Waals surface area contributed by atoms with Gasteiger partial charge in [0, 0.05) is 32.0 Å². The molecule has 0 aliphatic carbocycles. The topological polar surface area (TPSA) is 38.1 Å². The lowest BCUT2D eigenvalue weighted by Gasteiger charge is -2.18. The standard InChI is InChI=1S/C27H27N3O/c1-19-12-13-20(2)22(14-19)18-30-25-11-7-6-10-24(25)28-27(30)23-15-26(31)29(17-23)16-21-8-4-3-5-9-21/h3-14,23H,15-18H2,1-2H3/t23-/m1/s1. The Labute approximate surface area is 183 Å². The Morgan fingerprint density at radius 3 is 2.55 bits per heavy atom. The van der Waals surface area contributed by atoms with E-state index < -0.39 is 0 Å². The summed E-state index contributed by atoms with van der Waals surface area (Å²) >= 11 is 0. The average molecular weight is 410 g/mol. The summed E-state index contributed by atoms with van der Waals surface area (Å²) in [7, 11) is 0. The van der Waals surface area contributed by atoms with Crippen molar-refractivity contribution in [2.75, 3.05) is 6.54 Å². The smallest absolute Gasteiger partial charge is 0.223 e. The molecule has 0 bridgehead atoms. The molecule has 1 aromatic heterocycles. The highest BCUT2D eigenvalue weighted by Crippen LogP contribution is 2.32. The number of hydrogen-bond acceptors (Lipinski definition) is 2. The molecule has 1 aliphatic rings. The Balaban J connectivity index is 1.49. The van der Waals surface area contributed by atoms with E-state index in [9.17, 15) is 4.79 Å². The Morgan fingerprint density at radius 2 is 1.71 bits per heavy atom. The van der Waals surface area contributed by atoms with Crippen molar-refractivity contribution in [2.45, 2.75) is 39.3 Å². The minimum Gasteiger partial charge on any atom is -0.338 e. The van der Waals surface area contributed by atoms with Crippen molar-refractivity contribution in [3.8, 4) is 0 Å². The number of fused-ring (bicyclic) bond motifs is 1. The van der Waals surface area contributed by atoms with Gasteiger partial charge in [-0.3, -0.25) is 4.79 Å². The molecule has 1 fully saturated rings. The Kier molecular flexibility index (Phi) is 5.06. The van der Waals surface area contributed by atoms with Gasteiger partial charge in [-0.15, -0.1) is 0 Å². The highest BCUT2D eigenvalue weighted by molar-refractivity contribution is 5.81. The van der Waals surface area contributed by atoms with E-state index in [-0.39, 0.29) is 11.8 Å². The molecule has 4 nitrogen and oxygen atoms in total. The summed E-state index contributed by atoms with van der Waals surface area (Å²) in [5.41, 5.74) is 7.14. The van der Waals surface area contributed by atoms with Crippen LogP contribution < -0.4 is 0 Å². The fourth-order valence-corrected chi connectivity index (χ4v) is 4.61. The number of benzene rings is 3. The first-order chi connectivity index (χ1) is 15.1. The number of imidazole rings is 1. The van der Waals surface area contributed by atoms with Crippen LogP contribution >= 0.6 is 0 Å². The van der Waals surface area contributed by atoms with Crippen LogP contribution in [-0.2, 0) is 17.9 Å². The summed E-state index contributed by atoms with van der Waals surface area (Å²) in [5, 5.41) is 0. The van der Waals surface area contributed by atoms with Crippen molar-refractivity contribution in [1.29, 1.82) is 0 Å². The molecule has 0 N–H and O–H groups in total. The number of hydrogen-bond donors (Lipinski definition) is 0. The first-order valence-corrected chi connectivity index (χ1v) is 10.9. The van der Waals surface area contributed by atoms with Crippen LogP contribution in [0.3, 0.4) is 0 Å². The van der Waals surface area contributed by atoms with E-state index in [0.29, 0.717) is 19.5 Å². The number of nitrogens with zero attached hydrogens (tertiary/aromatic N) is 3. The van der Waals surface area contributed by atoms with E-state index in [1.54, 1.807) is 0 Å². The number of amides is 1. The predicted octanol–water partition coefficient (Wildman–Crippen LogP) is 5.22. The van der Waals surface area contributed by atoms with Crippen LogP contribution in [-0.4, -0.2) is 26.9 Å². The van der Waals surface area contributed by atoms with Crippen LogP contribution in [0, 0.1) is 13.8 Å². The van der Waals surface area contributed by atoms with Gasteiger partial charge in [-0.25, -0.2) is 4.98 Å². The van der Waals surface area contributed by atoms with Gasteiger partial charge < -0.3 is 9.47 Å². The monoisotopic (exact) mass is 409 g/mol. The van der Waals surface area contributed by atoms with Gasteiger partial charge in [0.15, 0.2) is 0 Å². The summed E-state index contributed by atoms with van der Waals surface area (Å²) in [6.45, 7) is 6.44. The fourth-order valence-electron chi connectivity index (χ4n) is 4.61. The third kappa shape index (κ3) is 3.86. The summed E-state index contributed by atoms with van der Waals surface area (Å²) < 4.78 is 2.32. The number of carbonyl (C=O) groups is 1. The molecular formula is C27H27N3O. The third-order valence-electron chi connectivity index (χ3n) is 6.31. The van der Waals surface area contributed by atoms with Gasteiger partial charge in [0.1, 0.15) is 5.82 Å². The molecule has 1 amide bonds. The van der Waals surface area contributed by atoms with Crippen LogP contribution in [0.1, 0.15) is 40.4 Å². The van der Waals surface area contributed by atoms with Crippen LogP contribution in [0.15, 0.2) is 72.8 Å². The molecule has 0 unspecified atom stereocenters. The first-order valence-electron chi connectivity index (χ1n) is 10.9. The van der Waals surface area contributed by atoms with Gasteiger partial charge in [-0.2, -0.15) is 0 Å². The Bertz CT molecular complexity index is 1240. The van der Waals surface area contributed by atoms with Gasteiger partial charge in [0.2, 0.25) is 5.91 Å². The van der Waals surface area contributed by atoms with E-state index in [2.05, 4.69) is 66.9 Å². The molecule has 3 aromatic carbocycles. The molecule has 0 saturated carbocycles. The molecule has 0 radical (unpaired) electrons. The fraction of sp³-hybridized carbons (Fsp3) is 0.259. The van der Waals surface area contributed by atoms with E-state index >= 15 is 0 Å². The number of carbonyl (C=O) groups excluding carboxylic acids is 1. The summed E-state index contributed by atoms with van der Waals surface area (Å²) in [5.74, 6) is 1.33. The zero-order valence-electron chi connectivity index (χ0n) is 18.1. The molecule has 31 heavy (non-hydrogen) atoms. The number of aryl methyl sites for hydroxylation is 2. The molecule has 0 spiro atoms.